The van der Waals surface area contributed by atoms with E-state index in [1.54, 1.807) is 4.90 Å². The van der Waals surface area contributed by atoms with Crippen LogP contribution in [0.15, 0.2) is 41.5 Å². The summed E-state index contributed by atoms with van der Waals surface area (Å²) in [4.78, 5) is 37.5. The van der Waals surface area contributed by atoms with Gasteiger partial charge in [0.2, 0.25) is 5.91 Å². The number of amides is 2. The number of hydrogen-bond acceptors (Lipinski definition) is 7. The Labute approximate surface area is 228 Å². The van der Waals surface area contributed by atoms with E-state index >= 15 is 0 Å². The summed E-state index contributed by atoms with van der Waals surface area (Å²) in [6.07, 6.45) is 1.49. The molecule has 2 aromatic carbocycles. The number of carbonyl (C=O) groups excluding carboxylic acids is 2. The van der Waals surface area contributed by atoms with Gasteiger partial charge >= 0.3 is 6.09 Å². The molecule has 2 N–H and O–H groups in total. The predicted octanol–water partition coefficient (Wildman–Crippen LogP) is 3.92. The first-order valence-electron chi connectivity index (χ1n) is 13.9. The molecule has 0 bridgehead atoms. The molecule has 204 valence electrons. The van der Waals surface area contributed by atoms with Crippen LogP contribution in [0.2, 0.25) is 0 Å². The lowest BCUT2D eigenvalue weighted by atomic mass is 9.99. The number of carbonyl (C=O) groups is 2. The van der Waals surface area contributed by atoms with Crippen molar-refractivity contribution in [1.82, 2.24) is 25.2 Å². The van der Waals surface area contributed by atoms with Gasteiger partial charge in [0.15, 0.2) is 6.10 Å². The largest absolute Gasteiger partial charge is 0.437 e. The number of piperidine rings is 1. The Kier molecular flexibility index (Phi) is 6.72. The fourth-order valence-corrected chi connectivity index (χ4v) is 5.82. The van der Waals surface area contributed by atoms with Crippen molar-refractivity contribution in [3.63, 3.8) is 0 Å². The molecule has 3 aromatic rings. The summed E-state index contributed by atoms with van der Waals surface area (Å²) in [7, 11) is 1.88. The van der Waals surface area contributed by atoms with Crippen LogP contribution in [0.4, 0.5) is 10.5 Å². The second-order valence-corrected chi connectivity index (χ2v) is 10.4. The number of aromatic nitrogens is 2. The maximum absolute atomic E-state index is 13.2. The number of imidazole rings is 1. The Bertz CT molecular complexity index is 1390. The van der Waals surface area contributed by atoms with Crippen LogP contribution in [0.1, 0.15) is 61.7 Å². The summed E-state index contributed by atoms with van der Waals surface area (Å²) < 4.78 is 6.18. The third-order valence-electron chi connectivity index (χ3n) is 8.00. The minimum Gasteiger partial charge on any atom is -0.437 e. The number of fused-ring (bicyclic) bond motifs is 2. The summed E-state index contributed by atoms with van der Waals surface area (Å²) in [5.41, 5.74) is 6.75. The predicted molar refractivity (Wildman–Crippen MR) is 150 cm³/mol. The molecule has 1 aromatic heterocycles. The van der Waals surface area contributed by atoms with Crippen molar-refractivity contribution in [2.45, 2.75) is 58.3 Å². The zero-order chi connectivity index (χ0) is 27.1. The molecule has 2 atom stereocenters. The van der Waals surface area contributed by atoms with Gasteiger partial charge in [0.1, 0.15) is 17.6 Å². The number of hydrazone groups is 1. The monoisotopic (exact) mass is 529 g/mol. The lowest BCUT2D eigenvalue weighted by Crippen LogP contribution is -2.39. The number of aromatic amines is 1. The van der Waals surface area contributed by atoms with E-state index in [2.05, 4.69) is 22.4 Å². The Morgan fingerprint density at radius 3 is 2.56 bits per heavy atom. The lowest BCUT2D eigenvalue weighted by molar-refractivity contribution is -0.119. The first kappa shape index (κ1) is 25.4. The van der Waals surface area contributed by atoms with E-state index in [1.807, 2.05) is 55.1 Å². The number of nitrogens with zero attached hydrogens (tertiary/aromatic N) is 5. The zero-order valence-electron chi connectivity index (χ0n) is 22.7. The summed E-state index contributed by atoms with van der Waals surface area (Å²) >= 11 is 0. The zero-order valence-corrected chi connectivity index (χ0v) is 22.7. The fraction of sp³-hybridized carbons (Fsp3) is 0.448. The van der Waals surface area contributed by atoms with Gasteiger partial charge in [-0.05, 0) is 62.1 Å². The molecule has 1 saturated heterocycles. The highest BCUT2D eigenvalue weighted by molar-refractivity contribution is 6.06. The molecule has 2 amide bonds. The van der Waals surface area contributed by atoms with Gasteiger partial charge in [-0.3, -0.25) is 9.80 Å². The number of benzene rings is 2. The molecule has 0 spiro atoms. The maximum atomic E-state index is 13.2. The molecule has 10 heteroatoms. The van der Waals surface area contributed by atoms with Crippen LogP contribution in [0.3, 0.4) is 0 Å². The lowest BCUT2D eigenvalue weighted by Gasteiger charge is -2.27. The van der Waals surface area contributed by atoms with E-state index in [1.165, 1.54) is 11.1 Å². The van der Waals surface area contributed by atoms with Crippen molar-refractivity contribution in [2.24, 2.45) is 5.10 Å². The van der Waals surface area contributed by atoms with Gasteiger partial charge in [0.05, 0.1) is 11.0 Å². The molecule has 0 radical (unpaired) electrons. The number of hydrogen-bond donors (Lipinski definition) is 2. The van der Waals surface area contributed by atoms with Gasteiger partial charge in [-0.2, -0.15) is 5.10 Å². The summed E-state index contributed by atoms with van der Waals surface area (Å²) in [5.74, 6) is 0.862. The minimum atomic E-state index is -0.667. The molecule has 39 heavy (non-hydrogen) atoms. The van der Waals surface area contributed by atoms with Crippen LogP contribution < -0.4 is 10.2 Å². The molecule has 2 unspecified atom stereocenters. The molecule has 0 aliphatic carbocycles. The highest BCUT2D eigenvalue weighted by Crippen LogP contribution is 2.35. The molecule has 0 saturated carbocycles. The van der Waals surface area contributed by atoms with E-state index in [0.717, 1.165) is 54.8 Å². The van der Waals surface area contributed by atoms with Crippen molar-refractivity contribution < 1.29 is 14.3 Å². The smallest absolute Gasteiger partial charge is 0.410 e. The van der Waals surface area contributed by atoms with Crippen LogP contribution in [0.5, 0.6) is 0 Å². The van der Waals surface area contributed by atoms with Crippen molar-refractivity contribution in [3.05, 3.63) is 58.9 Å². The Hall–Kier alpha value is -3.92. The molecular formula is C29H35N7O3. The molecule has 4 heterocycles. The van der Waals surface area contributed by atoms with Gasteiger partial charge in [-0.25, -0.2) is 9.78 Å². The summed E-state index contributed by atoms with van der Waals surface area (Å²) in [5, 5.41) is 10.1. The third kappa shape index (κ3) is 4.63. The van der Waals surface area contributed by atoms with Gasteiger partial charge in [-0.1, -0.05) is 12.1 Å². The van der Waals surface area contributed by atoms with Crippen molar-refractivity contribution in [3.8, 4) is 0 Å². The van der Waals surface area contributed by atoms with Gasteiger partial charge < -0.3 is 24.8 Å². The first-order chi connectivity index (χ1) is 19.0. The van der Waals surface area contributed by atoms with E-state index in [0.29, 0.717) is 31.0 Å². The average Bonchev–Trinajstić information content (AvgIpc) is 3.64. The molecule has 3 aliphatic rings. The maximum Gasteiger partial charge on any atom is 0.410 e. The first-order valence-corrected chi connectivity index (χ1v) is 13.9. The number of ether oxygens (including phenoxy) is 1. The summed E-state index contributed by atoms with van der Waals surface area (Å²) in [6, 6.07) is 11.7. The normalized spacial score (nSPS) is 20.9. The van der Waals surface area contributed by atoms with Crippen LogP contribution in [0, 0.1) is 0 Å². The number of H-pyrrole nitrogens is 1. The topological polar surface area (TPSA) is 106 Å². The van der Waals surface area contributed by atoms with Crippen LogP contribution in [0.25, 0.3) is 11.0 Å². The Morgan fingerprint density at radius 2 is 1.85 bits per heavy atom. The fourth-order valence-electron chi connectivity index (χ4n) is 5.82. The quantitative estimate of drug-likeness (QED) is 0.501. The van der Waals surface area contributed by atoms with E-state index < -0.39 is 12.1 Å². The highest BCUT2D eigenvalue weighted by Gasteiger charge is 2.43. The average molecular weight is 530 g/mol. The van der Waals surface area contributed by atoms with Crippen LogP contribution in [-0.2, 0) is 22.6 Å². The second kappa shape index (κ2) is 10.3. The van der Waals surface area contributed by atoms with Crippen molar-refractivity contribution in [1.29, 1.82) is 0 Å². The SMILES string of the molecule is CCN(CC)C(=O)OC1C(c2ccc(N3CCCCC3=O)cc2)=NN(C)C1c1nc2cc3c(cc2[nH]1)CNC3. The van der Waals surface area contributed by atoms with Gasteiger partial charge in [-0.15, -0.1) is 0 Å². The number of anilines is 1. The van der Waals surface area contributed by atoms with Crippen LogP contribution >= 0.6 is 0 Å². The minimum absolute atomic E-state index is 0.157. The third-order valence-corrected chi connectivity index (χ3v) is 8.00. The number of nitrogens with one attached hydrogen (secondary N) is 2. The Balaban J connectivity index is 1.34. The standard InChI is InChI=1S/C29H35N7O3/c1-4-35(5-2)29(38)39-27-25(18-9-11-21(12-10-18)36-13-7-6-8-24(36)37)33-34(3)26(27)28-31-22-14-19-16-30-17-20(19)15-23(22)32-28/h9-12,14-15,26-27,30H,4-8,13,16-17H2,1-3H3,(H,31,32). The molecule has 1 fully saturated rings. The number of rotatable bonds is 6. The van der Waals surface area contributed by atoms with E-state index in [9.17, 15) is 9.59 Å². The molecular weight excluding hydrogens is 494 g/mol. The Morgan fingerprint density at radius 1 is 1.10 bits per heavy atom. The number of likely N-dealkylation sites (N-methyl/N-ethyl adjacent to an activating group) is 1. The second-order valence-electron chi connectivity index (χ2n) is 10.4. The van der Waals surface area contributed by atoms with Crippen LogP contribution in [-0.4, -0.2) is 70.4 Å². The molecule has 3 aliphatic heterocycles. The molecule has 10 nitrogen and oxygen atoms in total. The summed E-state index contributed by atoms with van der Waals surface area (Å²) in [6.45, 7) is 7.40. The highest BCUT2D eigenvalue weighted by atomic mass is 16.6. The van der Waals surface area contributed by atoms with Gasteiger partial charge in [0.25, 0.3) is 0 Å². The van der Waals surface area contributed by atoms with E-state index in [-0.39, 0.29) is 12.0 Å². The van der Waals surface area contributed by atoms with Crippen molar-refractivity contribution >= 4 is 34.4 Å². The van der Waals surface area contributed by atoms with Crippen molar-refractivity contribution in [2.75, 3.05) is 31.6 Å². The molecule has 6 rings (SSSR count). The van der Waals surface area contributed by atoms with E-state index in [4.69, 9.17) is 14.8 Å². The van der Waals surface area contributed by atoms with Gasteiger partial charge in [0, 0.05) is 57.4 Å².